The van der Waals surface area contributed by atoms with Crippen molar-refractivity contribution in [2.75, 3.05) is 13.1 Å². The van der Waals surface area contributed by atoms with Gasteiger partial charge in [-0.05, 0) is 69.1 Å². The minimum absolute atomic E-state index is 0.113. The molecule has 158 valence electrons. The first kappa shape index (κ1) is 21.3. The zero-order chi connectivity index (χ0) is 20.7. The number of carboxylic acids is 1. The van der Waals surface area contributed by atoms with Gasteiger partial charge in [0.1, 0.15) is 5.78 Å². The Bertz CT molecular complexity index is 643. The Morgan fingerprint density at radius 3 is 2.39 bits per heavy atom. The number of Topliss-reactive ketones (excluding diaryl/α,β-unsaturated/α-hetero) is 1. The van der Waals surface area contributed by atoms with Gasteiger partial charge in [-0.3, -0.25) is 14.4 Å². The summed E-state index contributed by atoms with van der Waals surface area (Å²) in [6.45, 7) is 9.26. The maximum atomic E-state index is 13.4. The Hall–Kier alpha value is -1.39. The van der Waals surface area contributed by atoms with Gasteiger partial charge >= 0.3 is 5.97 Å². The summed E-state index contributed by atoms with van der Waals surface area (Å²) in [5, 5.41) is 9.60. The summed E-state index contributed by atoms with van der Waals surface area (Å²) in [5.74, 6) is -0.573. The number of rotatable bonds is 6. The van der Waals surface area contributed by atoms with E-state index in [9.17, 15) is 19.5 Å². The van der Waals surface area contributed by atoms with Gasteiger partial charge in [0.05, 0.1) is 12.3 Å². The highest BCUT2D eigenvalue weighted by molar-refractivity contribution is 5.94. The lowest BCUT2D eigenvalue weighted by Crippen LogP contribution is -2.57. The van der Waals surface area contributed by atoms with Crippen LogP contribution in [0.4, 0.5) is 0 Å². The molecule has 0 saturated heterocycles. The first-order chi connectivity index (χ1) is 13.2. The van der Waals surface area contributed by atoms with Crippen molar-refractivity contribution in [3.8, 4) is 0 Å². The number of amides is 1. The maximum Gasteiger partial charge on any atom is 0.304 e. The molecule has 0 heterocycles. The fraction of sp³-hybridized carbons (Fsp3) is 0.870. The normalized spacial score (nSPS) is 38.4. The predicted molar refractivity (Wildman–Crippen MR) is 108 cm³/mol. The number of hydrogen-bond donors (Lipinski definition) is 1. The molecule has 3 fully saturated rings. The van der Waals surface area contributed by atoms with Crippen LogP contribution < -0.4 is 0 Å². The van der Waals surface area contributed by atoms with Gasteiger partial charge in [0.2, 0.25) is 5.91 Å². The molecular formula is C23H37NO4. The van der Waals surface area contributed by atoms with Crippen molar-refractivity contribution in [1.82, 2.24) is 4.90 Å². The highest BCUT2D eigenvalue weighted by Gasteiger charge is 2.60. The third-order valence-electron chi connectivity index (χ3n) is 8.77. The first-order valence-electron chi connectivity index (χ1n) is 11.2. The van der Waals surface area contributed by atoms with E-state index in [4.69, 9.17) is 0 Å². The largest absolute Gasteiger partial charge is 0.481 e. The summed E-state index contributed by atoms with van der Waals surface area (Å²) in [6.07, 6.45) is 6.94. The molecule has 0 aromatic heterocycles. The number of fused-ring (bicyclic) bond motifs is 3. The molecule has 3 saturated carbocycles. The predicted octanol–water partition coefficient (Wildman–Crippen LogP) is 4.15. The van der Waals surface area contributed by atoms with Crippen LogP contribution in [0.2, 0.25) is 0 Å². The van der Waals surface area contributed by atoms with E-state index in [0.29, 0.717) is 36.8 Å². The summed E-state index contributed by atoms with van der Waals surface area (Å²) in [6, 6.07) is 0. The van der Waals surface area contributed by atoms with Crippen molar-refractivity contribution in [3.63, 3.8) is 0 Å². The van der Waals surface area contributed by atoms with E-state index in [1.54, 1.807) is 4.90 Å². The summed E-state index contributed by atoms with van der Waals surface area (Å²) in [4.78, 5) is 40.1. The quantitative estimate of drug-likeness (QED) is 0.738. The SMILES string of the molecule is CCN(CC)C(=O)C(CC(=O)O)[C@@]1(C)C(=O)CC[C@H]2[C@@H]3CCC[C@@]3(C)CC[C@@H]21. The number of nitrogens with zero attached hydrogens (tertiary/aromatic N) is 1. The van der Waals surface area contributed by atoms with Gasteiger partial charge in [-0.2, -0.15) is 0 Å². The molecule has 0 radical (unpaired) electrons. The van der Waals surface area contributed by atoms with E-state index in [0.717, 1.165) is 19.3 Å². The monoisotopic (exact) mass is 391 g/mol. The molecular weight excluding hydrogens is 354 g/mol. The van der Waals surface area contributed by atoms with Gasteiger partial charge in [0.15, 0.2) is 0 Å². The zero-order valence-electron chi connectivity index (χ0n) is 18.0. The molecule has 5 nitrogen and oxygen atoms in total. The van der Waals surface area contributed by atoms with E-state index in [1.165, 1.54) is 19.3 Å². The minimum atomic E-state index is -0.983. The second-order valence-electron chi connectivity index (χ2n) is 9.87. The molecule has 1 unspecified atom stereocenters. The third kappa shape index (κ3) is 3.29. The molecule has 1 N–H and O–H groups in total. The molecule has 5 heteroatoms. The number of carbonyl (C=O) groups is 3. The van der Waals surface area contributed by atoms with Crippen LogP contribution >= 0.6 is 0 Å². The Kier molecular flexibility index (Phi) is 5.94. The van der Waals surface area contributed by atoms with Gasteiger partial charge in [-0.15, -0.1) is 0 Å². The average Bonchev–Trinajstić information content (AvgIpc) is 3.05. The molecule has 3 aliphatic rings. The Labute approximate surface area is 169 Å². The van der Waals surface area contributed by atoms with Crippen LogP contribution in [0.3, 0.4) is 0 Å². The third-order valence-corrected chi connectivity index (χ3v) is 8.77. The summed E-state index contributed by atoms with van der Waals surface area (Å²) >= 11 is 0. The highest BCUT2D eigenvalue weighted by Crippen LogP contribution is 2.63. The molecule has 0 bridgehead atoms. The van der Waals surface area contributed by atoms with E-state index in [-0.39, 0.29) is 24.0 Å². The molecule has 0 aliphatic heterocycles. The fourth-order valence-electron chi connectivity index (χ4n) is 7.14. The molecule has 3 aliphatic carbocycles. The number of carboxylic acid groups (broad SMARTS) is 1. The van der Waals surface area contributed by atoms with Crippen LogP contribution in [0.1, 0.15) is 79.1 Å². The van der Waals surface area contributed by atoms with Crippen LogP contribution in [0, 0.1) is 34.5 Å². The van der Waals surface area contributed by atoms with Gasteiger partial charge in [-0.1, -0.05) is 20.3 Å². The fourth-order valence-corrected chi connectivity index (χ4v) is 7.14. The zero-order valence-corrected chi connectivity index (χ0v) is 18.0. The first-order valence-corrected chi connectivity index (χ1v) is 11.2. The van der Waals surface area contributed by atoms with E-state index in [2.05, 4.69) is 6.92 Å². The second-order valence-corrected chi connectivity index (χ2v) is 9.87. The summed E-state index contributed by atoms with van der Waals surface area (Å²) < 4.78 is 0. The van der Waals surface area contributed by atoms with Gasteiger partial charge < -0.3 is 10.0 Å². The topological polar surface area (TPSA) is 74.7 Å². The lowest BCUT2D eigenvalue weighted by Gasteiger charge is -2.56. The van der Waals surface area contributed by atoms with Gasteiger partial charge in [-0.25, -0.2) is 0 Å². The molecule has 6 atom stereocenters. The lowest BCUT2D eigenvalue weighted by atomic mass is 9.47. The smallest absolute Gasteiger partial charge is 0.304 e. The minimum Gasteiger partial charge on any atom is -0.481 e. The van der Waals surface area contributed by atoms with Crippen LogP contribution in [-0.2, 0) is 14.4 Å². The molecule has 3 rings (SSSR count). The van der Waals surface area contributed by atoms with E-state index < -0.39 is 17.3 Å². The Balaban J connectivity index is 2.00. The molecule has 0 aromatic carbocycles. The van der Waals surface area contributed by atoms with Crippen LogP contribution in [-0.4, -0.2) is 40.8 Å². The number of hydrogen-bond acceptors (Lipinski definition) is 3. The highest BCUT2D eigenvalue weighted by atomic mass is 16.4. The van der Waals surface area contributed by atoms with Crippen molar-refractivity contribution in [2.24, 2.45) is 34.5 Å². The standard InChI is InChI=1S/C23H37NO4/c1-5-24(6-2)21(28)18(14-20(26)27)23(4)17-11-13-22(3)12-7-8-16(22)15(17)9-10-19(23)25/h15-18H,5-14H2,1-4H3,(H,26,27)/t15-,16-,17-,18?,22-,23-/m0/s1. The van der Waals surface area contributed by atoms with Crippen molar-refractivity contribution in [2.45, 2.75) is 79.1 Å². The molecule has 28 heavy (non-hydrogen) atoms. The second kappa shape index (κ2) is 7.79. The van der Waals surface area contributed by atoms with Crippen LogP contribution in [0.25, 0.3) is 0 Å². The number of ketones is 1. The molecule has 0 aromatic rings. The van der Waals surface area contributed by atoms with E-state index >= 15 is 0 Å². The van der Waals surface area contributed by atoms with Crippen molar-refractivity contribution in [1.29, 1.82) is 0 Å². The average molecular weight is 392 g/mol. The van der Waals surface area contributed by atoms with Crippen LogP contribution in [0.15, 0.2) is 0 Å². The lowest BCUT2D eigenvalue weighted by molar-refractivity contribution is -0.165. The Morgan fingerprint density at radius 2 is 1.79 bits per heavy atom. The Morgan fingerprint density at radius 1 is 1.11 bits per heavy atom. The maximum absolute atomic E-state index is 13.4. The number of carbonyl (C=O) groups excluding carboxylic acids is 2. The van der Waals surface area contributed by atoms with Gasteiger partial charge in [0, 0.05) is 24.9 Å². The number of aliphatic carboxylic acids is 1. The summed E-state index contributed by atoms with van der Waals surface area (Å²) in [7, 11) is 0. The van der Waals surface area contributed by atoms with Crippen molar-refractivity contribution >= 4 is 17.7 Å². The van der Waals surface area contributed by atoms with Crippen LogP contribution in [0.5, 0.6) is 0 Å². The van der Waals surface area contributed by atoms with Gasteiger partial charge in [0.25, 0.3) is 0 Å². The molecule has 0 spiro atoms. The van der Waals surface area contributed by atoms with Crippen molar-refractivity contribution in [3.05, 3.63) is 0 Å². The summed E-state index contributed by atoms with van der Waals surface area (Å²) in [5.41, 5.74) is -0.488. The van der Waals surface area contributed by atoms with Crippen molar-refractivity contribution < 1.29 is 19.5 Å². The van der Waals surface area contributed by atoms with E-state index in [1.807, 2.05) is 20.8 Å². The molecule has 1 amide bonds.